The van der Waals surface area contributed by atoms with E-state index in [1.807, 2.05) is 18.2 Å². The number of furan rings is 1. The Morgan fingerprint density at radius 1 is 1.26 bits per heavy atom. The van der Waals surface area contributed by atoms with Gasteiger partial charge in [0.1, 0.15) is 0 Å². The standard InChI is InChI=1S/C14H13BrN2O2/c15-13-4-3-12(19-13)14(18)17-6-5-9-1-2-11(16)7-10(9)8-17/h1-4,7H,5-6,8,16H2. The molecule has 0 spiro atoms. The Morgan fingerprint density at radius 2 is 2.11 bits per heavy atom. The lowest BCUT2D eigenvalue weighted by Gasteiger charge is -2.28. The molecule has 1 aromatic carbocycles. The number of anilines is 1. The summed E-state index contributed by atoms with van der Waals surface area (Å²) in [6.45, 7) is 1.28. The number of amides is 1. The third-order valence-electron chi connectivity index (χ3n) is 3.31. The van der Waals surface area contributed by atoms with E-state index in [0.717, 1.165) is 17.7 Å². The maximum atomic E-state index is 12.3. The lowest BCUT2D eigenvalue weighted by molar-refractivity contribution is 0.0701. The molecule has 0 saturated carbocycles. The molecule has 2 heterocycles. The highest BCUT2D eigenvalue weighted by molar-refractivity contribution is 9.10. The lowest BCUT2D eigenvalue weighted by Crippen LogP contribution is -2.35. The fraction of sp³-hybridized carbons (Fsp3) is 0.214. The van der Waals surface area contributed by atoms with Crippen molar-refractivity contribution in [2.45, 2.75) is 13.0 Å². The lowest BCUT2D eigenvalue weighted by atomic mass is 9.99. The van der Waals surface area contributed by atoms with E-state index in [1.165, 1.54) is 5.56 Å². The predicted molar refractivity (Wildman–Crippen MR) is 75.7 cm³/mol. The van der Waals surface area contributed by atoms with Crippen LogP contribution in [0.2, 0.25) is 0 Å². The van der Waals surface area contributed by atoms with E-state index in [4.69, 9.17) is 10.2 Å². The third kappa shape index (κ3) is 2.38. The summed E-state index contributed by atoms with van der Waals surface area (Å²) in [4.78, 5) is 14.1. The molecule has 5 heteroatoms. The summed E-state index contributed by atoms with van der Waals surface area (Å²) < 4.78 is 5.88. The summed E-state index contributed by atoms with van der Waals surface area (Å²) in [7, 11) is 0. The number of rotatable bonds is 1. The largest absolute Gasteiger partial charge is 0.444 e. The van der Waals surface area contributed by atoms with Crippen molar-refractivity contribution in [2.75, 3.05) is 12.3 Å². The minimum absolute atomic E-state index is 0.0845. The summed E-state index contributed by atoms with van der Waals surface area (Å²) in [5.41, 5.74) is 8.90. The van der Waals surface area contributed by atoms with Crippen LogP contribution < -0.4 is 5.73 Å². The number of benzene rings is 1. The molecule has 0 atom stereocenters. The van der Waals surface area contributed by atoms with Crippen molar-refractivity contribution >= 4 is 27.5 Å². The molecule has 2 N–H and O–H groups in total. The van der Waals surface area contributed by atoms with Crippen LogP contribution >= 0.6 is 15.9 Å². The number of hydrogen-bond acceptors (Lipinski definition) is 3. The average molecular weight is 321 g/mol. The Bertz CT molecular complexity index is 636. The zero-order valence-electron chi connectivity index (χ0n) is 10.2. The smallest absolute Gasteiger partial charge is 0.289 e. The minimum Gasteiger partial charge on any atom is -0.444 e. The summed E-state index contributed by atoms with van der Waals surface area (Å²) in [6, 6.07) is 9.28. The van der Waals surface area contributed by atoms with Gasteiger partial charge in [-0.05, 0) is 57.7 Å². The highest BCUT2D eigenvalue weighted by Gasteiger charge is 2.23. The van der Waals surface area contributed by atoms with Crippen molar-refractivity contribution in [2.24, 2.45) is 0 Å². The van der Waals surface area contributed by atoms with E-state index in [9.17, 15) is 4.79 Å². The molecule has 1 aliphatic rings. The first kappa shape index (κ1) is 12.3. The summed E-state index contributed by atoms with van der Waals surface area (Å²) >= 11 is 3.21. The quantitative estimate of drug-likeness (QED) is 0.822. The molecule has 19 heavy (non-hydrogen) atoms. The highest BCUT2D eigenvalue weighted by Crippen LogP contribution is 2.23. The first-order valence-corrected chi connectivity index (χ1v) is 6.84. The van der Waals surface area contributed by atoms with Gasteiger partial charge in [-0.3, -0.25) is 4.79 Å². The Hall–Kier alpha value is -1.75. The van der Waals surface area contributed by atoms with E-state index in [-0.39, 0.29) is 5.91 Å². The molecule has 0 fully saturated rings. The van der Waals surface area contributed by atoms with E-state index in [1.54, 1.807) is 17.0 Å². The Balaban J connectivity index is 1.83. The maximum absolute atomic E-state index is 12.3. The first-order valence-electron chi connectivity index (χ1n) is 6.05. The second kappa shape index (κ2) is 4.74. The van der Waals surface area contributed by atoms with E-state index >= 15 is 0 Å². The van der Waals surface area contributed by atoms with Crippen LogP contribution in [0, 0.1) is 0 Å². The van der Waals surface area contributed by atoms with Crippen molar-refractivity contribution in [3.8, 4) is 0 Å². The van der Waals surface area contributed by atoms with Crippen molar-refractivity contribution in [1.82, 2.24) is 4.90 Å². The first-order chi connectivity index (χ1) is 9.13. The number of fused-ring (bicyclic) bond motifs is 1. The summed E-state index contributed by atoms with van der Waals surface area (Å²) in [5, 5.41) is 0. The topological polar surface area (TPSA) is 59.5 Å². The fourth-order valence-electron chi connectivity index (χ4n) is 2.34. The van der Waals surface area contributed by atoms with Crippen LogP contribution in [-0.4, -0.2) is 17.4 Å². The van der Waals surface area contributed by atoms with Crippen molar-refractivity contribution in [1.29, 1.82) is 0 Å². The van der Waals surface area contributed by atoms with E-state index < -0.39 is 0 Å². The number of hydrogen-bond donors (Lipinski definition) is 1. The van der Waals surface area contributed by atoms with Gasteiger partial charge >= 0.3 is 0 Å². The van der Waals surface area contributed by atoms with Gasteiger partial charge in [0.25, 0.3) is 5.91 Å². The van der Waals surface area contributed by atoms with E-state index in [0.29, 0.717) is 23.5 Å². The molecule has 3 rings (SSSR count). The van der Waals surface area contributed by atoms with Crippen LogP contribution in [0.3, 0.4) is 0 Å². The number of carbonyl (C=O) groups is 1. The zero-order valence-corrected chi connectivity index (χ0v) is 11.8. The van der Waals surface area contributed by atoms with Crippen LogP contribution in [0.5, 0.6) is 0 Å². The van der Waals surface area contributed by atoms with Crippen LogP contribution in [0.4, 0.5) is 5.69 Å². The van der Waals surface area contributed by atoms with Gasteiger partial charge in [0.2, 0.25) is 0 Å². The number of halogens is 1. The van der Waals surface area contributed by atoms with Gasteiger partial charge in [-0.25, -0.2) is 0 Å². The zero-order chi connectivity index (χ0) is 13.4. The van der Waals surface area contributed by atoms with Gasteiger partial charge in [-0.2, -0.15) is 0 Å². The molecule has 0 unspecified atom stereocenters. The van der Waals surface area contributed by atoms with Crippen LogP contribution in [0.1, 0.15) is 21.7 Å². The molecule has 1 aromatic heterocycles. The van der Waals surface area contributed by atoms with Gasteiger partial charge < -0.3 is 15.1 Å². The van der Waals surface area contributed by atoms with Crippen LogP contribution in [-0.2, 0) is 13.0 Å². The fourth-order valence-corrected chi connectivity index (χ4v) is 2.64. The molecule has 0 aliphatic carbocycles. The molecule has 1 amide bonds. The molecular weight excluding hydrogens is 308 g/mol. The highest BCUT2D eigenvalue weighted by atomic mass is 79.9. The Kier molecular flexibility index (Phi) is 3.06. The third-order valence-corrected chi connectivity index (χ3v) is 3.74. The molecule has 98 valence electrons. The molecule has 4 nitrogen and oxygen atoms in total. The van der Waals surface area contributed by atoms with Gasteiger partial charge in [0, 0.05) is 18.8 Å². The van der Waals surface area contributed by atoms with E-state index in [2.05, 4.69) is 15.9 Å². The summed E-state index contributed by atoms with van der Waals surface area (Å²) in [5.74, 6) is 0.276. The maximum Gasteiger partial charge on any atom is 0.289 e. The summed E-state index contributed by atoms with van der Waals surface area (Å²) in [6.07, 6.45) is 0.850. The van der Waals surface area contributed by atoms with Crippen molar-refractivity contribution in [3.63, 3.8) is 0 Å². The SMILES string of the molecule is Nc1ccc2c(c1)CN(C(=O)c1ccc(Br)o1)CC2. The van der Waals surface area contributed by atoms with Crippen molar-refractivity contribution < 1.29 is 9.21 Å². The van der Waals surface area contributed by atoms with Crippen LogP contribution in [0.15, 0.2) is 39.4 Å². The van der Waals surface area contributed by atoms with Crippen molar-refractivity contribution in [3.05, 3.63) is 51.9 Å². The molecule has 0 bridgehead atoms. The monoisotopic (exact) mass is 320 g/mol. The van der Waals surface area contributed by atoms with Crippen LogP contribution in [0.25, 0.3) is 0 Å². The van der Waals surface area contributed by atoms with Gasteiger partial charge in [-0.1, -0.05) is 6.07 Å². The van der Waals surface area contributed by atoms with Gasteiger partial charge in [0.15, 0.2) is 10.4 Å². The number of nitrogens with zero attached hydrogens (tertiary/aromatic N) is 1. The Labute approximate surface area is 119 Å². The minimum atomic E-state index is -0.0845. The molecule has 0 radical (unpaired) electrons. The number of carbonyl (C=O) groups excluding carboxylic acids is 1. The predicted octanol–water partition coefficient (Wildman–Crippen LogP) is 2.82. The van der Waals surface area contributed by atoms with Gasteiger partial charge in [0.05, 0.1) is 0 Å². The Morgan fingerprint density at radius 3 is 2.84 bits per heavy atom. The number of nitrogen functional groups attached to an aromatic ring is 1. The molecule has 0 saturated heterocycles. The molecule has 2 aromatic rings. The molecule has 1 aliphatic heterocycles. The second-order valence-corrected chi connectivity index (χ2v) is 5.39. The van der Waals surface area contributed by atoms with Gasteiger partial charge in [-0.15, -0.1) is 0 Å². The second-order valence-electron chi connectivity index (χ2n) is 4.61. The average Bonchev–Trinajstić information content (AvgIpc) is 2.83. The molecular formula is C14H13BrN2O2. The number of nitrogens with two attached hydrogens (primary N) is 1. The normalized spacial score (nSPS) is 14.3.